The van der Waals surface area contributed by atoms with Crippen LogP contribution >= 0.6 is 11.6 Å². The molecule has 2 N–H and O–H groups in total. The summed E-state index contributed by atoms with van der Waals surface area (Å²) in [5.74, 6) is -0.390. The van der Waals surface area contributed by atoms with E-state index in [1.807, 2.05) is 6.92 Å². The SMILES string of the molecule is CCOCC(=O)NCCNC(=O)c1ccc(Cl)cc1. The maximum absolute atomic E-state index is 11.7. The summed E-state index contributed by atoms with van der Waals surface area (Å²) in [7, 11) is 0. The van der Waals surface area contributed by atoms with Gasteiger partial charge in [-0.15, -0.1) is 0 Å². The molecule has 5 nitrogen and oxygen atoms in total. The lowest BCUT2D eigenvalue weighted by Gasteiger charge is -2.07. The number of nitrogens with one attached hydrogen (secondary N) is 2. The van der Waals surface area contributed by atoms with E-state index in [-0.39, 0.29) is 18.4 Å². The van der Waals surface area contributed by atoms with Crippen molar-refractivity contribution < 1.29 is 14.3 Å². The molecule has 0 atom stereocenters. The smallest absolute Gasteiger partial charge is 0.251 e. The van der Waals surface area contributed by atoms with E-state index in [0.717, 1.165) is 0 Å². The number of carbonyl (C=O) groups is 2. The standard InChI is InChI=1S/C13H17ClN2O3/c1-2-19-9-12(17)15-7-8-16-13(18)10-3-5-11(14)6-4-10/h3-6H,2,7-9H2,1H3,(H,15,17)(H,16,18). The highest BCUT2D eigenvalue weighted by molar-refractivity contribution is 6.30. The molecule has 0 saturated carbocycles. The van der Waals surface area contributed by atoms with Gasteiger partial charge in [-0.2, -0.15) is 0 Å². The van der Waals surface area contributed by atoms with Crippen LogP contribution in [0.4, 0.5) is 0 Å². The predicted molar refractivity (Wildman–Crippen MR) is 73.3 cm³/mol. The zero-order valence-corrected chi connectivity index (χ0v) is 11.5. The van der Waals surface area contributed by atoms with Crippen LogP contribution in [0.1, 0.15) is 17.3 Å². The van der Waals surface area contributed by atoms with Gasteiger partial charge in [0.25, 0.3) is 5.91 Å². The highest BCUT2D eigenvalue weighted by Gasteiger charge is 2.04. The first-order chi connectivity index (χ1) is 9.13. The Bertz CT molecular complexity index is 420. The molecule has 0 saturated heterocycles. The topological polar surface area (TPSA) is 67.4 Å². The number of amides is 2. The molecule has 2 amide bonds. The third-order valence-corrected chi connectivity index (χ3v) is 2.53. The van der Waals surface area contributed by atoms with E-state index in [1.54, 1.807) is 24.3 Å². The molecule has 0 aliphatic rings. The zero-order valence-electron chi connectivity index (χ0n) is 10.7. The van der Waals surface area contributed by atoms with Crippen LogP contribution in [-0.4, -0.2) is 38.1 Å². The van der Waals surface area contributed by atoms with Crippen molar-refractivity contribution in [1.29, 1.82) is 0 Å². The molecule has 104 valence electrons. The van der Waals surface area contributed by atoms with E-state index in [9.17, 15) is 9.59 Å². The lowest BCUT2D eigenvalue weighted by molar-refractivity contribution is -0.125. The minimum absolute atomic E-state index is 0.0433. The lowest BCUT2D eigenvalue weighted by atomic mass is 10.2. The molecule has 1 aromatic carbocycles. The second-order valence-corrected chi connectivity index (χ2v) is 4.19. The summed E-state index contributed by atoms with van der Waals surface area (Å²) < 4.78 is 4.94. The van der Waals surface area contributed by atoms with Gasteiger partial charge in [-0.25, -0.2) is 0 Å². The molecule has 0 bridgehead atoms. The van der Waals surface area contributed by atoms with Crippen molar-refractivity contribution in [3.05, 3.63) is 34.9 Å². The van der Waals surface area contributed by atoms with Crippen LogP contribution in [0.2, 0.25) is 5.02 Å². The molecular formula is C13H17ClN2O3. The highest BCUT2D eigenvalue weighted by Crippen LogP contribution is 2.08. The van der Waals surface area contributed by atoms with Gasteiger partial charge in [0.05, 0.1) is 0 Å². The van der Waals surface area contributed by atoms with Crippen LogP contribution in [-0.2, 0) is 9.53 Å². The van der Waals surface area contributed by atoms with Gasteiger partial charge in [0, 0.05) is 30.3 Å². The van der Waals surface area contributed by atoms with Crippen molar-refractivity contribution in [2.75, 3.05) is 26.3 Å². The molecule has 0 aliphatic carbocycles. The Morgan fingerprint density at radius 1 is 1.16 bits per heavy atom. The fraction of sp³-hybridized carbons (Fsp3) is 0.385. The Hall–Kier alpha value is -1.59. The van der Waals surface area contributed by atoms with Crippen molar-refractivity contribution in [1.82, 2.24) is 10.6 Å². The number of carbonyl (C=O) groups excluding carboxylic acids is 2. The van der Waals surface area contributed by atoms with Crippen molar-refractivity contribution in [2.24, 2.45) is 0 Å². The zero-order chi connectivity index (χ0) is 14.1. The Morgan fingerprint density at radius 3 is 2.42 bits per heavy atom. The molecule has 0 spiro atoms. The number of benzene rings is 1. The maximum atomic E-state index is 11.7. The fourth-order valence-corrected chi connectivity index (χ4v) is 1.45. The van der Waals surface area contributed by atoms with E-state index in [2.05, 4.69) is 10.6 Å². The van der Waals surface area contributed by atoms with Gasteiger partial charge in [-0.05, 0) is 31.2 Å². The Morgan fingerprint density at radius 2 is 1.79 bits per heavy atom. The number of halogens is 1. The molecule has 19 heavy (non-hydrogen) atoms. The summed E-state index contributed by atoms with van der Waals surface area (Å²) in [6.45, 7) is 3.09. The van der Waals surface area contributed by atoms with Crippen LogP contribution in [0.5, 0.6) is 0 Å². The number of ether oxygens (including phenoxy) is 1. The third-order valence-electron chi connectivity index (χ3n) is 2.28. The second kappa shape index (κ2) is 8.50. The van der Waals surface area contributed by atoms with E-state index in [4.69, 9.17) is 16.3 Å². The molecule has 0 fully saturated rings. The normalized spacial score (nSPS) is 10.0. The monoisotopic (exact) mass is 284 g/mol. The predicted octanol–water partition coefficient (Wildman–Crippen LogP) is 1.22. The average Bonchev–Trinajstić information content (AvgIpc) is 2.41. The molecule has 6 heteroatoms. The van der Waals surface area contributed by atoms with Crippen molar-refractivity contribution in [3.63, 3.8) is 0 Å². The molecule has 0 unspecified atom stereocenters. The Kier molecular flexibility index (Phi) is 6.92. The Labute approximate surface area is 117 Å². The highest BCUT2D eigenvalue weighted by atomic mass is 35.5. The van der Waals surface area contributed by atoms with E-state index >= 15 is 0 Å². The molecule has 0 radical (unpaired) electrons. The summed E-state index contributed by atoms with van der Waals surface area (Å²) >= 11 is 5.73. The number of hydrogen-bond donors (Lipinski definition) is 2. The number of rotatable bonds is 7. The minimum atomic E-state index is -0.198. The van der Waals surface area contributed by atoms with Crippen molar-refractivity contribution in [2.45, 2.75) is 6.92 Å². The van der Waals surface area contributed by atoms with Gasteiger partial charge < -0.3 is 15.4 Å². The van der Waals surface area contributed by atoms with Gasteiger partial charge in [-0.1, -0.05) is 11.6 Å². The molecule has 0 aliphatic heterocycles. The third kappa shape index (κ3) is 6.22. The van der Waals surface area contributed by atoms with Crippen molar-refractivity contribution >= 4 is 23.4 Å². The van der Waals surface area contributed by atoms with E-state index in [1.165, 1.54) is 0 Å². The summed E-state index contributed by atoms with van der Waals surface area (Å²) in [6, 6.07) is 6.59. The second-order valence-electron chi connectivity index (χ2n) is 3.75. The number of hydrogen-bond acceptors (Lipinski definition) is 3. The average molecular weight is 285 g/mol. The van der Waals surface area contributed by atoms with Gasteiger partial charge >= 0.3 is 0 Å². The van der Waals surface area contributed by atoms with Gasteiger partial charge in [0.15, 0.2) is 0 Å². The van der Waals surface area contributed by atoms with Crippen molar-refractivity contribution in [3.8, 4) is 0 Å². The summed E-state index contributed by atoms with van der Waals surface area (Å²) in [6.07, 6.45) is 0. The van der Waals surface area contributed by atoms with Crippen LogP contribution in [0.3, 0.4) is 0 Å². The largest absolute Gasteiger partial charge is 0.372 e. The van der Waals surface area contributed by atoms with Crippen LogP contribution in [0.25, 0.3) is 0 Å². The summed E-state index contributed by atoms with van der Waals surface area (Å²) in [5.41, 5.74) is 0.532. The van der Waals surface area contributed by atoms with Crippen LogP contribution in [0, 0.1) is 0 Å². The summed E-state index contributed by atoms with van der Waals surface area (Å²) in [4.78, 5) is 22.9. The van der Waals surface area contributed by atoms with Gasteiger partial charge in [0.2, 0.25) is 5.91 Å². The molecule has 1 aromatic rings. The van der Waals surface area contributed by atoms with E-state index in [0.29, 0.717) is 30.3 Å². The van der Waals surface area contributed by atoms with Crippen LogP contribution in [0.15, 0.2) is 24.3 Å². The molecule has 0 aromatic heterocycles. The van der Waals surface area contributed by atoms with E-state index < -0.39 is 0 Å². The molecule has 0 heterocycles. The quantitative estimate of drug-likeness (QED) is 0.740. The lowest BCUT2D eigenvalue weighted by Crippen LogP contribution is -2.36. The van der Waals surface area contributed by atoms with Gasteiger partial charge in [0.1, 0.15) is 6.61 Å². The minimum Gasteiger partial charge on any atom is -0.372 e. The summed E-state index contributed by atoms with van der Waals surface area (Å²) in [5, 5.41) is 5.91. The molecular weight excluding hydrogens is 268 g/mol. The first-order valence-electron chi connectivity index (χ1n) is 6.01. The first-order valence-corrected chi connectivity index (χ1v) is 6.39. The molecule has 1 rings (SSSR count). The fourth-order valence-electron chi connectivity index (χ4n) is 1.33. The maximum Gasteiger partial charge on any atom is 0.251 e. The first kappa shape index (κ1) is 15.5. The van der Waals surface area contributed by atoms with Crippen LogP contribution < -0.4 is 10.6 Å². The van der Waals surface area contributed by atoms with Gasteiger partial charge in [-0.3, -0.25) is 9.59 Å². The Balaban J connectivity index is 2.20.